The maximum Gasteiger partial charge on any atom is 0.321 e. The molecule has 24 heavy (non-hydrogen) atoms. The van der Waals surface area contributed by atoms with Crippen LogP contribution in [-0.2, 0) is 20.7 Å². The Hall–Kier alpha value is -2.90. The van der Waals surface area contributed by atoms with Gasteiger partial charge < -0.3 is 14.8 Å². The Morgan fingerprint density at radius 3 is 2.42 bits per heavy atom. The lowest BCUT2D eigenvalue weighted by molar-refractivity contribution is -0.153. The van der Waals surface area contributed by atoms with Crippen LogP contribution in [0.4, 0.5) is 4.79 Å². The van der Waals surface area contributed by atoms with Gasteiger partial charge >= 0.3 is 12.0 Å². The van der Waals surface area contributed by atoms with Gasteiger partial charge in [-0.25, -0.2) is 4.79 Å². The largest absolute Gasteiger partial charge is 0.496 e. The van der Waals surface area contributed by atoms with Crippen molar-refractivity contribution in [2.24, 2.45) is 0 Å². The number of amides is 3. The summed E-state index contributed by atoms with van der Waals surface area (Å²) in [6.07, 6.45) is -1.32. The molecule has 130 valence electrons. The van der Waals surface area contributed by atoms with Gasteiger partial charge in [-0.3, -0.25) is 19.7 Å². The number of carbonyl (C=O) groups is 4. The van der Waals surface area contributed by atoms with Crippen LogP contribution in [0.15, 0.2) is 18.2 Å². The van der Waals surface area contributed by atoms with E-state index < -0.39 is 24.0 Å². The maximum absolute atomic E-state index is 12.0. The van der Waals surface area contributed by atoms with Crippen LogP contribution >= 0.6 is 0 Å². The zero-order valence-electron chi connectivity index (χ0n) is 14.0. The topological polar surface area (TPSA) is 111 Å². The third-order valence-electron chi connectivity index (χ3n) is 3.16. The molecule has 1 aromatic carbocycles. The highest BCUT2D eigenvalue weighted by Crippen LogP contribution is 2.21. The molecular formula is C16H20N2O6. The minimum Gasteiger partial charge on any atom is -0.496 e. The molecule has 8 heteroatoms. The molecule has 0 aromatic heterocycles. The second-order valence-electron chi connectivity index (χ2n) is 4.96. The number of carbonyl (C=O) groups excluding carboxylic acids is 4. The van der Waals surface area contributed by atoms with Crippen LogP contribution < -0.4 is 15.4 Å². The predicted octanol–water partition coefficient (Wildman–Crippen LogP) is 0.828. The van der Waals surface area contributed by atoms with E-state index >= 15 is 0 Å². The number of hydrogen-bond acceptors (Lipinski definition) is 6. The van der Waals surface area contributed by atoms with Crippen LogP contribution in [0.25, 0.3) is 0 Å². The smallest absolute Gasteiger partial charge is 0.321 e. The van der Waals surface area contributed by atoms with Gasteiger partial charge in [0, 0.05) is 18.2 Å². The molecule has 0 radical (unpaired) electrons. The minimum atomic E-state index is -1.14. The van der Waals surface area contributed by atoms with Crippen LogP contribution in [0.2, 0.25) is 0 Å². The maximum atomic E-state index is 12.0. The van der Waals surface area contributed by atoms with Gasteiger partial charge in [-0.15, -0.1) is 0 Å². The zero-order chi connectivity index (χ0) is 18.3. The van der Waals surface area contributed by atoms with Crippen molar-refractivity contribution < 1.29 is 28.7 Å². The number of ether oxygens (including phenoxy) is 2. The molecular weight excluding hydrogens is 316 g/mol. The summed E-state index contributed by atoms with van der Waals surface area (Å²) in [4.78, 5) is 46.1. The highest BCUT2D eigenvalue weighted by Gasteiger charge is 2.20. The fraction of sp³-hybridized carbons (Fsp3) is 0.375. The second-order valence-corrected chi connectivity index (χ2v) is 4.96. The number of hydrogen-bond donors (Lipinski definition) is 2. The first-order valence-corrected chi connectivity index (χ1v) is 7.18. The molecule has 8 nitrogen and oxygen atoms in total. The van der Waals surface area contributed by atoms with E-state index in [4.69, 9.17) is 9.47 Å². The van der Waals surface area contributed by atoms with Crippen molar-refractivity contribution in [3.8, 4) is 5.75 Å². The standard InChI is InChI=1S/C16H20N2O6/c1-9(19)11-5-6-13(23-4)12(7-11)8-14(20)24-10(2)15(21)18-16(22)17-3/h5-7,10H,8H2,1-4H3,(H2,17,18,21,22)/t10-/m1/s1. The molecule has 1 atom stereocenters. The quantitative estimate of drug-likeness (QED) is 0.588. The number of esters is 1. The summed E-state index contributed by atoms with van der Waals surface area (Å²) in [7, 11) is 2.80. The molecule has 1 rings (SSSR count). The Labute approximate surface area is 139 Å². The van der Waals surface area contributed by atoms with E-state index in [-0.39, 0.29) is 12.2 Å². The van der Waals surface area contributed by atoms with Crippen LogP contribution in [0, 0.1) is 0 Å². The molecule has 1 aromatic rings. The van der Waals surface area contributed by atoms with Crippen molar-refractivity contribution in [2.45, 2.75) is 26.4 Å². The van der Waals surface area contributed by atoms with Gasteiger partial charge in [0.15, 0.2) is 11.9 Å². The number of imide groups is 1. The molecule has 2 N–H and O–H groups in total. The van der Waals surface area contributed by atoms with Crippen LogP contribution in [0.1, 0.15) is 29.8 Å². The SMILES string of the molecule is CNC(=O)NC(=O)[C@@H](C)OC(=O)Cc1cc(C(C)=O)ccc1OC. The number of nitrogens with one attached hydrogen (secondary N) is 2. The first kappa shape index (κ1) is 19.1. The average molecular weight is 336 g/mol. The van der Waals surface area contributed by atoms with Gasteiger partial charge in [-0.1, -0.05) is 0 Å². The fourth-order valence-corrected chi connectivity index (χ4v) is 1.86. The number of rotatable bonds is 6. The lowest BCUT2D eigenvalue weighted by Crippen LogP contribution is -2.43. The van der Waals surface area contributed by atoms with Crippen molar-refractivity contribution in [2.75, 3.05) is 14.2 Å². The second kappa shape index (κ2) is 8.66. The number of benzene rings is 1. The molecule has 0 fully saturated rings. The summed E-state index contributed by atoms with van der Waals surface area (Å²) in [6, 6.07) is 4.02. The zero-order valence-corrected chi connectivity index (χ0v) is 14.0. The Kier molecular flexibility index (Phi) is 6.91. The van der Waals surface area contributed by atoms with Gasteiger partial charge in [0.2, 0.25) is 0 Å². The molecule has 0 aliphatic rings. The summed E-state index contributed by atoms with van der Waals surface area (Å²) < 4.78 is 10.1. The molecule has 0 heterocycles. The molecule has 0 spiro atoms. The van der Waals surface area contributed by atoms with Crippen molar-refractivity contribution >= 4 is 23.7 Å². The summed E-state index contributed by atoms with van der Waals surface area (Å²) in [6.45, 7) is 2.76. The monoisotopic (exact) mass is 336 g/mol. The van der Waals surface area contributed by atoms with E-state index in [1.165, 1.54) is 34.1 Å². The predicted molar refractivity (Wildman–Crippen MR) is 84.9 cm³/mol. The van der Waals surface area contributed by atoms with Gasteiger partial charge in [-0.2, -0.15) is 0 Å². The Morgan fingerprint density at radius 2 is 1.88 bits per heavy atom. The third-order valence-corrected chi connectivity index (χ3v) is 3.16. The van der Waals surface area contributed by atoms with Crippen molar-refractivity contribution in [3.63, 3.8) is 0 Å². The van der Waals surface area contributed by atoms with Crippen molar-refractivity contribution in [3.05, 3.63) is 29.3 Å². The normalized spacial score (nSPS) is 11.2. The van der Waals surface area contributed by atoms with Crippen LogP contribution in [0.5, 0.6) is 5.75 Å². The lowest BCUT2D eigenvalue weighted by atomic mass is 10.0. The van der Waals surface area contributed by atoms with Gasteiger partial charge in [0.05, 0.1) is 13.5 Å². The molecule has 0 aliphatic carbocycles. The molecule has 0 bridgehead atoms. The molecule has 0 saturated carbocycles. The van der Waals surface area contributed by atoms with E-state index in [1.54, 1.807) is 12.1 Å². The van der Waals surface area contributed by atoms with E-state index in [1.807, 2.05) is 5.32 Å². The average Bonchev–Trinajstić information content (AvgIpc) is 2.54. The lowest BCUT2D eigenvalue weighted by Gasteiger charge is -2.14. The number of Topliss-reactive ketones (excluding diaryl/α,β-unsaturated/α-hetero) is 1. The highest BCUT2D eigenvalue weighted by atomic mass is 16.5. The fourth-order valence-electron chi connectivity index (χ4n) is 1.86. The Balaban J connectivity index is 2.77. The first-order valence-electron chi connectivity index (χ1n) is 7.18. The van der Waals surface area contributed by atoms with Gasteiger partial charge in [0.25, 0.3) is 5.91 Å². The van der Waals surface area contributed by atoms with E-state index in [9.17, 15) is 19.2 Å². The number of ketones is 1. The van der Waals surface area contributed by atoms with E-state index in [0.29, 0.717) is 16.9 Å². The Morgan fingerprint density at radius 1 is 1.21 bits per heavy atom. The molecule has 0 unspecified atom stereocenters. The molecule has 0 saturated heterocycles. The van der Waals surface area contributed by atoms with E-state index in [0.717, 1.165) is 0 Å². The first-order chi connectivity index (χ1) is 11.3. The highest BCUT2D eigenvalue weighted by molar-refractivity contribution is 5.97. The van der Waals surface area contributed by atoms with Gasteiger partial charge in [-0.05, 0) is 32.0 Å². The van der Waals surface area contributed by atoms with E-state index in [2.05, 4.69) is 5.32 Å². The van der Waals surface area contributed by atoms with Crippen LogP contribution in [-0.4, -0.2) is 44.0 Å². The van der Waals surface area contributed by atoms with Gasteiger partial charge in [0.1, 0.15) is 5.75 Å². The number of methoxy groups -OCH3 is 1. The van der Waals surface area contributed by atoms with Crippen molar-refractivity contribution in [1.82, 2.24) is 10.6 Å². The summed E-state index contributed by atoms with van der Waals surface area (Å²) >= 11 is 0. The summed E-state index contributed by atoms with van der Waals surface area (Å²) in [5, 5.41) is 4.23. The molecule has 3 amide bonds. The number of urea groups is 1. The molecule has 0 aliphatic heterocycles. The summed E-state index contributed by atoms with van der Waals surface area (Å²) in [5.74, 6) is -1.15. The third kappa shape index (κ3) is 5.38. The van der Waals surface area contributed by atoms with Crippen LogP contribution in [0.3, 0.4) is 0 Å². The Bertz CT molecular complexity index is 656. The van der Waals surface area contributed by atoms with Crippen molar-refractivity contribution in [1.29, 1.82) is 0 Å². The summed E-state index contributed by atoms with van der Waals surface area (Å²) in [5.41, 5.74) is 0.901. The minimum absolute atomic E-state index is 0.148.